The zero-order chi connectivity index (χ0) is 19.7. The quantitative estimate of drug-likeness (QED) is 0.744. The van der Waals surface area contributed by atoms with Crippen molar-refractivity contribution in [3.8, 4) is 0 Å². The lowest BCUT2D eigenvalue weighted by Crippen LogP contribution is -2.39. The minimum absolute atomic E-state index is 0.379. The third-order valence-electron chi connectivity index (χ3n) is 5.86. The first-order chi connectivity index (χ1) is 13.5. The van der Waals surface area contributed by atoms with E-state index < -0.39 is 0 Å². The Morgan fingerprint density at radius 3 is 2.75 bits per heavy atom. The van der Waals surface area contributed by atoms with Gasteiger partial charge in [-0.1, -0.05) is 31.0 Å². The lowest BCUT2D eigenvalue weighted by atomic mass is 10.1. The Labute approximate surface area is 172 Å². The summed E-state index contributed by atoms with van der Waals surface area (Å²) in [5.74, 6) is 2.16. The molecule has 2 N–H and O–H groups in total. The topological polar surface area (TPSA) is 58.3 Å². The van der Waals surface area contributed by atoms with Crippen LogP contribution in [-0.4, -0.2) is 35.6 Å². The van der Waals surface area contributed by atoms with E-state index in [0.29, 0.717) is 12.0 Å². The Bertz CT molecular complexity index is 836. The van der Waals surface area contributed by atoms with Gasteiger partial charge in [-0.05, 0) is 56.2 Å². The molecular formula is C22H30ClN5. The summed E-state index contributed by atoms with van der Waals surface area (Å²) >= 11 is 6.44. The zero-order valence-electron chi connectivity index (χ0n) is 16.9. The lowest BCUT2D eigenvalue weighted by Gasteiger charge is -2.32. The Balaban J connectivity index is 1.54. The summed E-state index contributed by atoms with van der Waals surface area (Å²) in [6.45, 7) is 7.28. The van der Waals surface area contributed by atoms with Gasteiger partial charge < -0.3 is 15.5 Å². The van der Waals surface area contributed by atoms with Gasteiger partial charge in [0.1, 0.15) is 5.82 Å². The number of nitrogen functional groups attached to an aromatic ring is 1. The highest BCUT2D eigenvalue weighted by molar-refractivity contribution is 6.31. The third-order valence-corrected chi connectivity index (χ3v) is 6.26. The Morgan fingerprint density at radius 1 is 1.21 bits per heavy atom. The first kappa shape index (κ1) is 19.3. The normalized spacial score (nSPS) is 19.2. The summed E-state index contributed by atoms with van der Waals surface area (Å²) in [5, 5.41) is 0.848. The monoisotopic (exact) mass is 399 g/mol. The van der Waals surface area contributed by atoms with Crippen LogP contribution in [0.15, 0.2) is 24.3 Å². The number of rotatable bonds is 7. The first-order valence-electron chi connectivity index (χ1n) is 10.4. The molecule has 4 rings (SSSR count). The van der Waals surface area contributed by atoms with Crippen molar-refractivity contribution >= 4 is 29.1 Å². The van der Waals surface area contributed by atoms with Crippen LogP contribution in [0.25, 0.3) is 0 Å². The maximum atomic E-state index is 6.44. The van der Waals surface area contributed by atoms with Gasteiger partial charge in [0, 0.05) is 48.1 Å². The second kappa shape index (κ2) is 8.16. The number of benzene rings is 1. The van der Waals surface area contributed by atoms with E-state index in [0.717, 1.165) is 66.9 Å². The van der Waals surface area contributed by atoms with E-state index >= 15 is 0 Å². The Kier molecular flexibility index (Phi) is 5.63. The van der Waals surface area contributed by atoms with E-state index in [1.165, 1.54) is 18.5 Å². The first-order valence-corrected chi connectivity index (χ1v) is 10.8. The fourth-order valence-corrected chi connectivity index (χ4v) is 4.23. The largest absolute Gasteiger partial charge is 0.368 e. The predicted molar refractivity (Wildman–Crippen MR) is 117 cm³/mol. The third kappa shape index (κ3) is 4.35. The maximum Gasteiger partial charge on any atom is 0.222 e. The van der Waals surface area contributed by atoms with Crippen LogP contribution in [0.2, 0.25) is 5.02 Å². The zero-order valence-corrected chi connectivity index (χ0v) is 17.6. The Morgan fingerprint density at radius 2 is 2.04 bits per heavy atom. The van der Waals surface area contributed by atoms with Gasteiger partial charge >= 0.3 is 0 Å². The highest BCUT2D eigenvalue weighted by atomic mass is 35.5. The van der Waals surface area contributed by atoms with E-state index in [1.807, 2.05) is 0 Å². The van der Waals surface area contributed by atoms with Crippen molar-refractivity contribution in [2.75, 3.05) is 35.2 Å². The fourth-order valence-electron chi connectivity index (χ4n) is 4.06. The van der Waals surface area contributed by atoms with Crippen LogP contribution < -0.4 is 15.5 Å². The fraction of sp³-hybridized carbons (Fsp3) is 0.545. The second-order valence-corrected chi connectivity index (χ2v) is 8.65. The molecule has 6 heteroatoms. The molecule has 1 aromatic carbocycles. The molecule has 1 atom stereocenters. The number of hydrogen-bond donors (Lipinski definition) is 1. The van der Waals surface area contributed by atoms with Crippen molar-refractivity contribution < 1.29 is 0 Å². The molecular weight excluding hydrogens is 370 g/mol. The molecule has 1 aliphatic heterocycles. The highest BCUT2D eigenvalue weighted by Crippen LogP contribution is 2.35. The highest BCUT2D eigenvalue weighted by Gasteiger charge is 2.33. The van der Waals surface area contributed by atoms with Crippen molar-refractivity contribution in [2.24, 2.45) is 5.92 Å². The SMILES string of the molecule is CCCc1cc(N2CC[C@H](N(CC3CC3)c3ccc(C)c(Cl)c3)C2)nc(N)n1. The molecule has 0 radical (unpaired) electrons. The minimum atomic E-state index is 0.379. The van der Waals surface area contributed by atoms with Crippen LogP contribution >= 0.6 is 11.6 Å². The summed E-state index contributed by atoms with van der Waals surface area (Å²) < 4.78 is 0. The van der Waals surface area contributed by atoms with Gasteiger partial charge in [-0.25, -0.2) is 4.98 Å². The van der Waals surface area contributed by atoms with E-state index in [2.05, 4.69) is 57.9 Å². The number of aryl methyl sites for hydroxylation is 2. The molecule has 2 heterocycles. The molecule has 2 fully saturated rings. The summed E-state index contributed by atoms with van der Waals surface area (Å²) in [7, 11) is 0. The van der Waals surface area contributed by atoms with Crippen molar-refractivity contribution in [3.63, 3.8) is 0 Å². The van der Waals surface area contributed by atoms with Crippen LogP contribution in [0, 0.1) is 12.8 Å². The number of halogens is 1. The van der Waals surface area contributed by atoms with Crippen molar-refractivity contribution in [1.82, 2.24) is 9.97 Å². The van der Waals surface area contributed by atoms with Crippen molar-refractivity contribution in [3.05, 3.63) is 40.5 Å². The van der Waals surface area contributed by atoms with Crippen LogP contribution in [0.1, 0.15) is 43.9 Å². The maximum absolute atomic E-state index is 6.44. The van der Waals surface area contributed by atoms with Gasteiger partial charge in [-0.3, -0.25) is 0 Å². The molecule has 1 aromatic heterocycles. The van der Waals surface area contributed by atoms with E-state index in [1.54, 1.807) is 0 Å². The molecule has 0 spiro atoms. The predicted octanol–water partition coefficient (Wildman–Crippen LogP) is 4.47. The molecule has 2 aliphatic rings. The van der Waals surface area contributed by atoms with Crippen LogP contribution in [0.3, 0.4) is 0 Å². The van der Waals surface area contributed by atoms with Crippen molar-refractivity contribution in [1.29, 1.82) is 0 Å². The van der Waals surface area contributed by atoms with Gasteiger partial charge in [0.15, 0.2) is 0 Å². The number of hydrogen-bond acceptors (Lipinski definition) is 5. The van der Waals surface area contributed by atoms with Crippen molar-refractivity contribution in [2.45, 2.75) is 52.0 Å². The van der Waals surface area contributed by atoms with E-state index in [-0.39, 0.29) is 0 Å². The molecule has 28 heavy (non-hydrogen) atoms. The standard InChI is InChI=1S/C22H30ClN5/c1-3-4-17-11-21(26-22(24)25-17)27-10-9-19(14-27)28(13-16-6-7-16)18-8-5-15(2)20(23)12-18/h5,8,11-12,16,19H,3-4,6-7,9-10,13-14H2,1-2H3,(H2,24,25,26)/t19-/m0/s1. The lowest BCUT2D eigenvalue weighted by molar-refractivity contribution is 0.609. The number of aromatic nitrogens is 2. The Hall–Kier alpha value is -2.01. The average Bonchev–Trinajstić information content (AvgIpc) is 3.35. The molecule has 2 aromatic rings. The molecule has 0 amide bonds. The summed E-state index contributed by atoms with van der Waals surface area (Å²) in [4.78, 5) is 13.8. The molecule has 150 valence electrons. The molecule has 1 saturated heterocycles. The minimum Gasteiger partial charge on any atom is -0.368 e. The summed E-state index contributed by atoms with van der Waals surface area (Å²) in [6.07, 6.45) is 5.80. The summed E-state index contributed by atoms with van der Waals surface area (Å²) in [6, 6.07) is 9.05. The number of anilines is 3. The number of nitrogens with two attached hydrogens (primary N) is 1. The smallest absolute Gasteiger partial charge is 0.222 e. The van der Waals surface area contributed by atoms with E-state index in [4.69, 9.17) is 17.3 Å². The van der Waals surface area contributed by atoms with Crippen LogP contribution in [-0.2, 0) is 6.42 Å². The molecule has 0 bridgehead atoms. The van der Waals surface area contributed by atoms with Crippen LogP contribution in [0.5, 0.6) is 0 Å². The van der Waals surface area contributed by atoms with Gasteiger partial charge in [0.25, 0.3) is 0 Å². The molecule has 5 nitrogen and oxygen atoms in total. The molecule has 1 saturated carbocycles. The van der Waals surface area contributed by atoms with Gasteiger partial charge in [-0.2, -0.15) is 4.98 Å². The van der Waals surface area contributed by atoms with Crippen LogP contribution in [0.4, 0.5) is 17.5 Å². The molecule has 0 unspecified atom stereocenters. The second-order valence-electron chi connectivity index (χ2n) is 8.24. The van der Waals surface area contributed by atoms with Gasteiger partial charge in [0.2, 0.25) is 5.95 Å². The summed E-state index contributed by atoms with van der Waals surface area (Å²) in [5.41, 5.74) is 9.38. The van der Waals surface area contributed by atoms with Gasteiger partial charge in [0.05, 0.1) is 0 Å². The number of nitrogens with zero attached hydrogens (tertiary/aromatic N) is 4. The van der Waals surface area contributed by atoms with E-state index in [9.17, 15) is 0 Å². The average molecular weight is 400 g/mol. The van der Waals surface area contributed by atoms with Gasteiger partial charge in [-0.15, -0.1) is 0 Å². The molecule has 1 aliphatic carbocycles.